The summed E-state index contributed by atoms with van der Waals surface area (Å²) < 4.78 is 28.3. The summed E-state index contributed by atoms with van der Waals surface area (Å²) >= 11 is 0. The normalized spacial score (nSPS) is 18.0. The molecule has 7 heteroatoms. The molecule has 1 aromatic heterocycles. The highest BCUT2D eigenvalue weighted by molar-refractivity contribution is 5.94. The second kappa shape index (κ2) is 7.31. The maximum absolute atomic E-state index is 13.2. The van der Waals surface area contributed by atoms with Gasteiger partial charge in [-0.3, -0.25) is 9.48 Å². The lowest BCUT2D eigenvalue weighted by Crippen LogP contribution is -2.56. The Labute approximate surface area is 145 Å². The monoisotopic (exact) mass is 348 g/mol. The van der Waals surface area contributed by atoms with Crippen LogP contribution in [0.3, 0.4) is 0 Å². The predicted molar refractivity (Wildman–Crippen MR) is 90.9 cm³/mol. The Morgan fingerprint density at radius 2 is 2.16 bits per heavy atom. The highest BCUT2D eigenvalue weighted by Crippen LogP contribution is 2.17. The van der Waals surface area contributed by atoms with Crippen LogP contribution < -0.4 is 5.32 Å². The molecule has 1 N–H and O–H groups in total. The van der Waals surface area contributed by atoms with Gasteiger partial charge in [-0.1, -0.05) is 12.1 Å². The number of halogens is 2. The Bertz CT molecular complexity index is 759. The van der Waals surface area contributed by atoms with Gasteiger partial charge in [0.2, 0.25) is 0 Å². The fraction of sp³-hybridized carbons (Fsp3) is 0.444. The number of benzene rings is 1. The second-order valence-corrected chi connectivity index (χ2v) is 6.39. The molecule has 1 atom stereocenters. The van der Waals surface area contributed by atoms with Crippen LogP contribution in [-0.4, -0.2) is 52.7 Å². The van der Waals surface area contributed by atoms with E-state index >= 15 is 0 Å². The third-order valence-corrected chi connectivity index (χ3v) is 4.44. The molecule has 134 valence electrons. The fourth-order valence-corrected chi connectivity index (χ4v) is 3.18. The van der Waals surface area contributed by atoms with E-state index in [-0.39, 0.29) is 19.0 Å². The zero-order valence-corrected chi connectivity index (χ0v) is 14.4. The largest absolute Gasteiger partial charge is 0.327 e. The minimum Gasteiger partial charge on any atom is -0.327 e. The third-order valence-electron chi connectivity index (χ3n) is 4.44. The first-order valence-corrected chi connectivity index (χ1v) is 8.35. The first-order valence-electron chi connectivity index (χ1n) is 8.35. The number of carbonyl (C=O) groups is 1. The van der Waals surface area contributed by atoms with Gasteiger partial charge in [0.15, 0.2) is 0 Å². The fourth-order valence-electron chi connectivity index (χ4n) is 3.18. The first kappa shape index (κ1) is 17.5. The Morgan fingerprint density at radius 1 is 1.36 bits per heavy atom. The number of carbonyl (C=O) groups excluding carboxylic acids is 1. The number of aryl methyl sites for hydroxylation is 2. The zero-order valence-electron chi connectivity index (χ0n) is 14.4. The molecule has 0 spiro atoms. The number of hydrogen-bond acceptors (Lipinski definition) is 3. The van der Waals surface area contributed by atoms with Crippen LogP contribution >= 0.6 is 0 Å². The van der Waals surface area contributed by atoms with Gasteiger partial charge in [0, 0.05) is 30.9 Å². The Balaban J connectivity index is 1.80. The molecule has 1 unspecified atom stereocenters. The minimum absolute atomic E-state index is 0.120. The van der Waals surface area contributed by atoms with Gasteiger partial charge in [-0.25, -0.2) is 8.78 Å². The Morgan fingerprint density at radius 3 is 2.84 bits per heavy atom. The lowest BCUT2D eigenvalue weighted by atomic mass is 10.1. The quantitative estimate of drug-likeness (QED) is 0.922. The highest BCUT2D eigenvalue weighted by Gasteiger charge is 2.33. The van der Waals surface area contributed by atoms with Gasteiger partial charge in [-0.15, -0.1) is 0 Å². The van der Waals surface area contributed by atoms with E-state index in [1.165, 1.54) is 4.90 Å². The van der Waals surface area contributed by atoms with Crippen LogP contribution in [0.25, 0.3) is 0 Å². The molecule has 2 heterocycles. The lowest BCUT2D eigenvalue weighted by Gasteiger charge is -2.35. The van der Waals surface area contributed by atoms with E-state index in [1.807, 2.05) is 30.7 Å². The predicted octanol–water partition coefficient (Wildman–Crippen LogP) is 2.23. The first-order chi connectivity index (χ1) is 12.0. The molecule has 1 saturated heterocycles. The number of aromatic nitrogens is 2. The molecule has 1 fully saturated rings. The van der Waals surface area contributed by atoms with Crippen LogP contribution in [0.1, 0.15) is 27.3 Å². The summed E-state index contributed by atoms with van der Waals surface area (Å²) in [5.74, 6) is -0.345. The zero-order chi connectivity index (χ0) is 18.0. The molecule has 1 amide bonds. The van der Waals surface area contributed by atoms with Crippen molar-refractivity contribution < 1.29 is 13.6 Å². The topological polar surface area (TPSA) is 50.2 Å². The number of hydrogen-bond donors (Lipinski definition) is 1. The number of nitrogens with one attached hydrogen (secondary N) is 1. The average molecular weight is 348 g/mol. The molecule has 2 aromatic rings. The molecule has 25 heavy (non-hydrogen) atoms. The third kappa shape index (κ3) is 3.87. The molecule has 0 bridgehead atoms. The van der Waals surface area contributed by atoms with E-state index in [9.17, 15) is 13.6 Å². The van der Waals surface area contributed by atoms with Crippen molar-refractivity contribution in [3.63, 3.8) is 0 Å². The van der Waals surface area contributed by atoms with Crippen LogP contribution in [0.2, 0.25) is 0 Å². The summed E-state index contributed by atoms with van der Waals surface area (Å²) in [6.07, 6.45) is -2.56. The minimum atomic E-state index is -2.56. The molecule has 0 aliphatic carbocycles. The molecule has 1 aliphatic heterocycles. The number of rotatable bonds is 4. The average Bonchev–Trinajstić information content (AvgIpc) is 2.91. The number of amides is 1. The van der Waals surface area contributed by atoms with Crippen LogP contribution in [0.15, 0.2) is 30.3 Å². The summed E-state index contributed by atoms with van der Waals surface area (Å²) in [6, 6.07) is 8.05. The van der Waals surface area contributed by atoms with E-state index in [2.05, 4.69) is 10.4 Å². The van der Waals surface area contributed by atoms with Crippen molar-refractivity contribution in [3.05, 3.63) is 52.8 Å². The van der Waals surface area contributed by atoms with Gasteiger partial charge < -0.3 is 10.2 Å². The van der Waals surface area contributed by atoms with Crippen molar-refractivity contribution in [2.24, 2.45) is 0 Å². The van der Waals surface area contributed by atoms with Gasteiger partial charge in [-0.05, 0) is 37.6 Å². The summed E-state index contributed by atoms with van der Waals surface area (Å²) in [5.41, 5.74) is 3.33. The lowest BCUT2D eigenvalue weighted by molar-refractivity contribution is 0.0126. The van der Waals surface area contributed by atoms with Crippen molar-refractivity contribution in [2.45, 2.75) is 32.9 Å². The van der Waals surface area contributed by atoms with E-state index in [0.717, 1.165) is 17.0 Å². The van der Waals surface area contributed by atoms with Crippen LogP contribution in [0.5, 0.6) is 0 Å². The van der Waals surface area contributed by atoms with Crippen LogP contribution in [0, 0.1) is 13.8 Å². The van der Waals surface area contributed by atoms with Gasteiger partial charge in [-0.2, -0.15) is 5.10 Å². The number of alkyl halides is 2. The van der Waals surface area contributed by atoms with Gasteiger partial charge >= 0.3 is 0 Å². The molecule has 1 aliphatic rings. The molecular weight excluding hydrogens is 326 g/mol. The van der Waals surface area contributed by atoms with E-state index < -0.39 is 12.5 Å². The molecule has 5 nitrogen and oxygen atoms in total. The van der Waals surface area contributed by atoms with Crippen molar-refractivity contribution in [1.29, 1.82) is 0 Å². The number of piperazine rings is 1. The van der Waals surface area contributed by atoms with Gasteiger partial charge in [0.1, 0.15) is 6.04 Å². The van der Waals surface area contributed by atoms with Crippen molar-refractivity contribution >= 4 is 5.91 Å². The molecule has 1 aromatic carbocycles. The maximum atomic E-state index is 13.2. The van der Waals surface area contributed by atoms with E-state index in [0.29, 0.717) is 18.7 Å². The maximum Gasteiger partial charge on any atom is 0.259 e. The van der Waals surface area contributed by atoms with Gasteiger partial charge in [0.25, 0.3) is 12.3 Å². The molecule has 0 radical (unpaired) electrons. The molecule has 3 rings (SSSR count). The second-order valence-electron chi connectivity index (χ2n) is 6.39. The standard InChI is InChI=1S/C18H22F2N4O/c1-12-8-13(2)24(22-12)11-14-4-3-5-15(9-14)18(25)23-7-6-21-10-16(23)17(19)20/h3-5,8-9,16-17,21H,6-7,10-11H2,1-2H3. The number of nitrogens with zero attached hydrogens (tertiary/aromatic N) is 3. The molecule has 0 saturated carbocycles. The summed E-state index contributed by atoms with van der Waals surface area (Å²) in [5, 5.41) is 7.34. The summed E-state index contributed by atoms with van der Waals surface area (Å²) in [7, 11) is 0. The SMILES string of the molecule is Cc1cc(C)n(Cc2cccc(C(=O)N3CCNCC3C(F)F)c2)n1. The van der Waals surface area contributed by atoms with Crippen LogP contribution in [-0.2, 0) is 6.54 Å². The van der Waals surface area contributed by atoms with Crippen LogP contribution in [0.4, 0.5) is 8.78 Å². The highest BCUT2D eigenvalue weighted by atomic mass is 19.3. The van der Waals surface area contributed by atoms with Crippen molar-refractivity contribution in [1.82, 2.24) is 20.0 Å². The summed E-state index contributed by atoms with van der Waals surface area (Å²) in [6.45, 7) is 5.38. The summed E-state index contributed by atoms with van der Waals surface area (Å²) in [4.78, 5) is 14.0. The van der Waals surface area contributed by atoms with Crippen molar-refractivity contribution in [2.75, 3.05) is 19.6 Å². The smallest absolute Gasteiger partial charge is 0.259 e. The van der Waals surface area contributed by atoms with E-state index in [1.54, 1.807) is 18.2 Å². The Hall–Kier alpha value is -2.28. The van der Waals surface area contributed by atoms with E-state index in [4.69, 9.17) is 0 Å². The van der Waals surface area contributed by atoms with Gasteiger partial charge in [0.05, 0.1) is 12.2 Å². The molecular formula is C18H22F2N4O. The van der Waals surface area contributed by atoms with Crippen molar-refractivity contribution in [3.8, 4) is 0 Å². The Kier molecular flexibility index (Phi) is 5.13.